The summed E-state index contributed by atoms with van der Waals surface area (Å²) in [6.45, 7) is 6.14. The average Bonchev–Trinajstić information content (AvgIpc) is 2.95. The summed E-state index contributed by atoms with van der Waals surface area (Å²) in [7, 11) is 0. The standard InChI is InChI=1S/C23H22O2/c1-13(2)18-12-17-10-15-6-4-5-7-16(15)11-19(17)23(18)22-14(3)20(24)8-9-21(22)25/h4-11,23-25H,12H2,1-3H3. The molecule has 3 aromatic rings. The van der Waals surface area contributed by atoms with Gasteiger partial charge in [-0.15, -0.1) is 0 Å². The molecular formula is C23H22O2. The first-order chi connectivity index (χ1) is 12.0. The topological polar surface area (TPSA) is 40.5 Å². The van der Waals surface area contributed by atoms with E-state index in [1.165, 1.54) is 33.0 Å². The zero-order valence-electron chi connectivity index (χ0n) is 14.8. The number of benzene rings is 3. The van der Waals surface area contributed by atoms with Gasteiger partial charge in [-0.2, -0.15) is 0 Å². The van der Waals surface area contributed by atoms with Crippen LogP contribution in [0.1, 0.15) is 42.0 Å². The van der Waals surface area contributed by atoms with Crippen LogP contribution in [0, 0.1) is 6.92 Å². The van der Waals surface area contributed by atoms with Crippen LogP contribution < -0.4 is 0 Å². The summed E-state index contributed by atoms with van der Waals surface area (Å²) >= 11 is 0. The number of fused-ring (bicyclic) bond motifs is 2. The molecule has 3 aromatic carbocycles. The van der Waals surface area contributed by atoms with E-state index in [2.05, 4.69) is 50.2 Å². The van der Waals surface area contributed by atoms with Gasteiger partial charge >= 0.3 is 0 Å². The molecule has 126 valence electrons. The van der Waals surface area contributed by atoms with Crippen molar-refractivity contribution in [1.82, 2.24) is 0 Å². The zero-order valence-corrected chi connectivity index (χ0v) is 14.8. The summed E-state index contributed by atoms with van der Waals surface area (Å²) < 4.78 is 0. The monoisotopic (exact) mass is 330 g/mol. The van der Waals surface area contributed by atoms with Crippen LogP contribution in [0.15, 0.2) is 59.7 Å². The number of phenolic OH excluding ortho intramolecular Hbond substituents is 2. The van der Waals surface area contributed by atoms with Gasteiger partial charge in [0.15, 0.2) is 0 Å². The summed E-state index contributed by atoms with van der Waals surface area (Å²) in [5.41, 5.74) is 6.71. The van der Waals surface area contributed by atoms with Crippen molar-refractivity contribution in [3.05, 3.63) is 81.9 Å². The minimum Gasteiger partial charge on any atom is -0.508 e. The maximum Gasteiger partial charge on any atom is 0.120 e. The van der Waals surface area contributed by atoms with E-state index in [0.717, 1.165) is 17.5 Å². The van der Waals surface area contributed by atoms with Crippen LogP contribution in [-0.2, 0) is 6.42 Å². The Bertz CT molecular complexity index is 1020. The highest BCUT2D eigenvalue weighted by atomic mass is 16.3. The van der Waals surface area contributed by atoms with Crippen molar-refractivity contribution >= 4 is 10.8 Å². The molecular weight excluding hydrogens is 308 g/mol. The summed E-state index contributed by atoms with van der Waals surface area (Å²) in [6, 6.07) is 16.1. The Kier molecular flexibility index (Phi) is 3.57. The first kappa shape index (κ1) is 15.8. The molecule has 1 aliphatic rings. The molecule has 25 heavy (non-hydrogen) atoms. The predicted molar refractivity (Wildman–Crippen MR) is 102 cm³/mol. The van der Waals surface area contributed by atoms with Gasteiger partial charge in [0.1, 0.15) is 11.5 Å². The van der Waals surface area contributed by atoms with Crippen molar-refractivity contribution < 1.29 is 10.2 Å². The van der Waals surface area contributed by atoms with Crippen molar-refractivity contribution in [2.45, 2.75) is 33.1 Å². The predicted octanol–water partition coefficient (Wildman–Crippen LogP) is 5.58. The molecule has 2 nitrogen and oxygen atoms in total. The van der Waals surface area contributed by atoms with E-state index >= 15 is 0 Å². The van der Waals surface area contributed by atoms with E-state index in [0.29, 0.717) is 0 Å². The van der Waals surface area contributed by atoms with E-state index in [9.17, 15) is 10.2 Å². The minimum absolute atomic E-state index is 0.00305. The van der Waals surface area contributed by atoms with Crippen molar-refractivity contribution in [3.63, 3.8) is 0 Å². The normalized spacial score (nSPS) is 16.3. The molecule has 0 amide bonds. The third-order valence-corrected chi connectivity index (χ3v) is 5.44. The first-order valence-corrected chi connectivity index (χ1v) is 8.66. The second-order valence-electron chi connectivity index (χ2n) is 7.18. The smallest absolute Gasteiger partial charge is 0.120 e. The second kappa shape index (κ2) is 5.66. The number of rotatable bonds is 1. The van der Waals surface area contributed by atoms with Gasteiger partial charge in [0.25, 0.3) is 0 Å². The van der Waals surface area contributed by atoms with Crippen LogP contribution in [0.4, 0.5) is 0 Å². The highest BCUT2D eigenvalue weighted by Crippen LogP contribution is 2.49. The van der Waals surface area contributed by atoms with Crippen molar-refractivity contribution in [1.29, 1.82) is 0 Å². The number of phenols is 2. The molecule has 0 aromatic heterocycles. The van der Waals surface area contributed by atoms with Crippen molar-refractivity contribution in [2.75, 3.05) is 0 Å². The van der Waals surface area contributed by atoms with Gasteiger partial charge in [-0.3, -0.25) is 0 Å². The molecule has 0 radical (unpaired) electrons. The Morgan fingerprint density at radius 3 is 2.24 bits per heavy atom. The third kappa shape index (κ3) is 2.41. The van der Waals surface area contributed by atoms with Gasteiger partial charge in [-0.25, -0.2) is 0 Å². The lowest BCUT2D eigenvalue weighted by Gasteiger charge is -2.21. The minimum atomic E-state index is -0.00305. The quantitative estimate of drug-likeness (QED) is 0.451. The van der Waals surface area contributed by atoms with Gasteiger partial charge in [-0.1, -0.05) is 41.5 Å². The summed E-state index contributed by atoms with van der Waals surface area (Å²) in [4.78, 5) is 0. The van der Waals surface area contributed by atoms with Crippen LogP contribution in [0.3, 0.4) is 0 Å². The zero-order chi connectivity index (χ0) is 17.7. The SMILES string of the molecule is CC(C)=C1Cc2cc3ccccc3cc2C1c1c(O)ccc(O)c1C. The second-order valence-corrected chi connectivity index (χ2v) is 7.18. The fourth-order valence-corrected chi connectivity index (χ4v) is 4.08. The van der Waals surface area contributed by atoms with Crippen LogP contribution >= 0.6 is 0 Å². The summed E-state index contributed by atoms with van der Waals surface area (Å²) in [6.07, 6.45) is 0.891. The van der Waals surface area contributed by atoms with E-state index in [4.69, 9.17) is 0 Å². The van der Waals surface area contributed by atoms with Gasteiger partial charge in [0.2, 0.25) is 0 Å². The Morgan fingerprint density at radius 2 is 1.56 bits per heavy atom. The molecule has 2 heteroatoms. The number of hydrogen-bond acceptors (Lipinski definition) is 2. The Morgan fingerprint density at radius 1 is 0.920 bits per heavy atom. The van der Waals surface area contributed by atoms with Crippen LogP contribution in [0.25, 0.3) is 10.8 Å². The molecule has 4 rings (SSSR count). The van der Waals surface area contributed by atoms with Gasteiger partial charge < -0.3 is 10.2 Å². The molecule has 1 atom stereocenters. The molecule has 0 aliphatic heterocycles. The average molecular weight is 330 g/mol. The van der Waals surface area contributed by atoms with E-state index in [1.54, 1.807) is 12.1 Å². The molecule has 1 aliphatic carbocycles. The maximum atomic E-state index is 10.6. The molecule has 0 bridgehead atoms. The largest absolute Gasteiger partial charge is 0.508 e. The number of hydrogen-bond donors (Lipinski definition) is 2. The van der Waals surface area contributed by atoms with Crippen molar-refractivity contribution in [2.24, 2.45) is 0 Å². The molecule has 0 fully saturated rings. The lowest BCUT2D eigenvalue weighted by molar-refractivity contribution is 0.449. The lowest BCUT2D eigenvalue weighted by Crippen LogP contribution is -2.04. The highest BCUT2D eigenvalue weighted by Gasteiger charge is 2.33. The van der Waals surface area contributed by atoms with Crippen LogP contribution in [-0.4, -0.2) is 10.2 Å². The van der Waals surface area contributed by atoms with E-state index in [1.807, 2.05) is 6.92 Å². The molecule has 0 heterocycles. The van der Waals surface area contributed by atoms with Crippen molar-refractivity contribution in [3.8, 4) is 11.5 Å². The number of allylic oxidation sites excluding steroid dienone is 2. The third-order valence-electron chi connectivity index (χ3n) is 5.44. The van der Waals surface area contributed by atoms with Gasteiger partial charge in [0.05, 0.1) is 0 Å². The number of aromatic hydroxyl groups is 2. The fraction of sp³-hybridized carbons (Fsp3) is 0.217. The summed E-state index contributed by atoms with van der Waals surface area (Å²) in [5.74, 6) is 0.479. The first-order valence-electron chi connectivity index (χ1n) is 8.66. The fourth-order valence-electron chi connectivity index (χ4n) is 4.08. The van der Waals surface area contributed by atoms with E-state index < -0.39 is 0 Å². The Hall–Kier alpha value is -2.74. The Labute approximate surface area is 148 Å². The van der Waals surface area contributed by atoms with E-state index in [-0.39, 0.29) is 17.4 Å². The highest BCUT2D eigenvalue weighted by molar-refractivity contribution is 5.85. The molecule has 1 unspecified atom stereocenters. The van der Waals surface area contributed by atoms with Crippen LogP contribution in [0.2, 0.25) is 0 Å². The molecule has 0 spiro atoms. The molecule has 0 saturated heterocycles. The maximum absolute atomic E-state index is 10.6. The molecule has 2 N–H and O–H groups in total. The van der Waals surface area contributed by atoms with Gasteiger partial charge in [0, 0.05) is 11.5 Å². The van der Waals surface area contributed by atoms with Crippen LogP contribution in [0.5, 0.6) is 11.5 Å². The lowest BCUT2D eigenvalue weighted by atomic mass is 9.84. The van der Waals surface area contributed by atoms with Gasteiger partial charge in [-0.05, 0) is 72.9 Å². The Balaban J connectivity index is 2.03. The molecule has 0 saturated carbocycles. The summed E-state index contributed by atoms with van der Waals surface area (Å²) in [5, 5.41) is 23.2.